The molecule has 55 heavy (non-hydrogen) atoms. The van der Waals surface area contributed by atoms with Gasteiger partial charge in [-0.25, -0.2) is 15.0 Å². The van der Waals surface area contributed by atoms with Crippen molar-refractivity contribution in [1.29, 1.82) is 0 Å². The van der Waals surface area contributed by atoms with E-state index in [0.717, 1.165) is 49.9 Å². The van der Waals surface area contributed by atoms with Crippen LogP contribution in [0.2, 0.25) is 0 Å². The monoisotopic (exact) mass is 708 g/mol. The van der Waals surface area contributed by atoms with Gasteiger partial charge in [-0.15, -0.1) is 0 Å². The van der Waals surface area contributed by atoms with Gasteiger partial charge in [0.25, 0.3) is 0 Å². The Hall–Kier alpha value is -6.72. The maximum Gasteiger partial charge on any atom is 0.167 e. The quantitative estimate of drug-likeness (QED) is 0.182. The minimum absolute atomic E-state index is 0.126. The van der Waals surface area contributed by atoms with Crippen molar-refractivity contribution >= 4 is 21.9 Å². The third-order valence-corrected chi connectivity index (χ3v) is 12.0. The van der Waals surface area contributed by atoms with E-state index in [-0.39, 0.29) is 10.8 Å². The van der Waals surface area contributed by atoms with Crippen LogP contribution in [0.4, 0.5) is 0 Å². The highest BCUT2D eigenvalue weighted by Crippen LogP contribution is 2.50. The summed E-state index contributed by atoms with van der Waals surface area (Å²) in [7, 11) is 0. The average Bonchev–Trinajstić information content (AvgIpc) is 3.80. The van der Waals surface area contributed by atoms with Crippen LogP contribution in [0.15, 0.2) is 150 Å². The van der Waals surface area contributed by atoms with E-state index in [2.05, 4.69) is 131 Å². The van der Waals surface area contributed by atoms with E-state index in [9.17, 15) is 0 Å². The zero-order chi connectivity index (χ0) is 37.1. The predicted molar refractivity (Wildman–Crippen MR) is 222 cm³/mol. The number of rotatable bonds is 4. The van der Waals surface area contributed by atoms with Gasteiger partial charge in [0.2, 0.25) is 0 Å². The third-order valence-electron chi connectivity index (χ3n) is 12.0. The van der Waals surface area contributed by atoms with Crippen LogP contribution in [0.3, 0.4) is 0 Å². The predicted octanol–water partition coefficient (Wildman–Crippen LogP) is 12.4. The summed E-state index contributed by atoms with van der Waals surface area (Å²) in [5, 5.41) is 2.07. The fraction of sp³-hybridized carbons (Fsp3) is 0.120. The molecule has 2 aliphatic rings. The first-order valence-corrected chi connectivity index (χ1v) is 18.9. The highest BCUT2D eigenvalue weighted by molar-refractivity contribution is 6.10. The van der Waals surface area contributed by atoms with Crippen molar-refractivity contribution in [3.8, 4) is 67.7 Å². The molecule has 0 spiro atoms. The molecule has 11 rings (SSSR count). The Labute approximate surface area is 319 Å². The SMILES string of the molecule is CC1(C)c2ccccc2-c2ccc(-c3nc(-c4ccccc4)nc(-c4cccc5c4oc4ccc(-c6ccc7c(c6)C(C)(C)c6cccnc6-7)cc45)n3)cc21. The number of nitrogens with zero attached hydrogens (tertiary/aromatic N) is 4. The largest absolute Gasteiger partial charge is 0.455 e. The number of benzene rings is 6. The number of hydrogen-bond acceptors (Lipinski definition) is 5. The van der Waals surface area contributed by atoms with Crippen molar-refractivity contribution in [2.24, 2.45) is 0 Å². The van der Waals surface area contributed by atoms with Gasteiger partial charge >= 0.3 is 0 Å². The fourth-order valence-corrected chi connectivity index (χ4v) is 9.06. The van der Waals surface area contributed by atoms with Gasteiger partial charge in [-0.05, 0) is 80.9 Å². The Morgan fingerprint density at radius 3 is 1.91 bits per heavy atom. The Bertz CT molecular complexity index is 3050. The van der Waals surface area contributed by atoms with Crippen LogP contribution in [0, 0.1) is 0 Å². The number of furan rings is 1. The number of fused-ring (bicyclic) bond motifs is 9. The molecular weight excluding hydrogens is 673 g/mol. The van der Waals surface area contributed by atoms with Crippen molar-refractivity contribution < 1.29 is 4.42 Å². The van der Waals surface area contributed by atoms with Crippen LogP contribution < -0.4 is 0 Å². The Balaban J connectivity index is 1.04. The molecule has 6 aromatic carbocycles. The van der Waals surface area contributed by atoms with Crippen LogP contribution in [0.1, 0.15) is 49.9 Å². The lowest BCUT2D eigenvalue weighted by atomic mass is 9.82. The summed E-state index contributed by atoms with van der Waals surface area (Å²) in [5.41, 5.74) is 16.4. The Morgan fingerprint density at radius 1 is 0.418 bits per heavy atom. The van der Waals surface area contributed by atoms with Gasteiger partial charge < -0.3 is 4.42 Å². The van der Waals surface area contributed by atoms with Gasteiger partial charge in [0, 0.05) is 44.5 Å². The molecule has 9 aromatic rings. The fourth-order valence-electron chi connectivity index (χ4n) is 9.06. The second-order valence-corrected chi connectivity index (χ2v) is 15.9. The van der Waals surface area contributed by atoms with Crippen molar-refractivity contribution in [3.63, 3.8) is 0 Å². The van der Waals surface area contributed by atoms with Crippen LogP contribution in [-0.4, -0.2) is 19.9 Å². The summed E-state index contributed by atoms with van der Waals surface area (Å²) >= 11 is 0. The molecule has 262 valence electrons. The maximum absolute atomic E-state index is 6.68. The molecular formula is C50H36N4O. The van der Waals surface area contributed by atoms with Gasteiger partial charge in [0.15, 0.2) is 17.5 Å². The Morgan fingerprint density at radius 2 is 1.04 bits per heavy atom. The van der Waals surface area contributed by atoms with Gasteiger partial charge in [-0.3, -0.25) is 4.98 Å². The van der Waals surface area contributed by atoms with E-state index in [1.54, 1.807) is 0 Å². The van der Waals surface area contributed by atoms with Crippen molar-refractivity contribution in [2.75, 3.05) is 0 Å². The summed E-state index contributed by atoms with van der Waals surface area (Å²) in [4.78, 5) is 20.1. The molecule has 0 fully saturated rings. The second-order valence-electron chi connectivity index (χ2n) is 15.9. The van der Waals surface area contributed by atoms with Crippen molar-refractivity contribution in [1.82, 2.24) is 19.9 Å². The first-order valence-electron chi connectivity index (χ1n) is 18.9. The molecule has 0 aliphatic heterocycles. The topological polar surface area (TPSA) is 64.7 Å². The van der Waals surface area contributed by atoms with Gasteiger partial charge in [-0.1, -0.05) is 131 Å². The lowest BCUT2D eigenvalue weighted by Crippen LogP contribution is -2.15. The van der Waals surface area contributed by atoms with Crippen molar-refractivity contribution in [3.05, 3.63) is 168 Å². The van der Waals surface area contributed by atoms with Gasteiger partial charge in [-0.2, -0.15) is 0 Å². The molecule has 0 atom stereocenters. The molecule has 0 N–H and O–H groups in total. The third kappa shape index (κ3) is 4.66. The maximum atomic E-state index is 6.68. The highest BCUT2D eigenvalue weighted by Gasteiger charge is 2.37. The lowest BCUT2D eigenvalue weighted by molar-refractivity contribution is 0.659. The zero-order valence-electron chi connectivity index (χ0n) is 31.1. The molecule has 2 aliphatic carbocycles. The van der Waals surface area contributed by atoms with E-state index in [1.807, 2.05) is 42.6 Å². The van der Waals surface area contributed by atoms with Gasteiger partial charge in [0.1, 0.15) is 11.2 Å². The smallest absolute Gasteiger partial charge is 0.167 e. The molecule has 0 radical (unpaired) electrons. The minimum Gasteiger partial charge on any atom is -0.455 e. The van der Waals surface area contributed by atoms with E-state index in [1.165, 1.54) is 44.5 Å². The molecule has 0 saturated heterocycles. The van der Waals surface area contributed by atoms with E-state index >= 15 is 0 Å². The summed E-state index contributed by atoms with van der Waals surface area (Å²) in [5.74, 6) is 1.83. The van der Waals surface area contributed by atoms with Crippen molar-refractivity contribution in [2.45, 2.75) is 38.5 Å². The molecule has 0 amide bonds. The van der Waals surface area contributed by atoms with Gasteiger partial charge in [0.05, 0.1) is 11.3 Å². The average molecular weight is 709 g/mol. The minimum atomic E-state index is -0.142. The number of aromatic nitrogens is 4. The van der Waals surface area contributed by atoms with Crippen LogP contribution in [0.25, 0.3) is 89.6 Å². The molecule has 3 heterocycles. The summed E-state index contributed by atoms with van der Waals surface area (Å²) in [6, 6.07) is 49.2. The molecule has 5 heteroatoms. The number of pyridine rings is 1. The van der Waals surface area contributed by atoms with Crippen LogP contribution >= 0.6 is 0 Å². The van der Waals surface area contributed by atoms with Crippen LogP contribution in [-0.2, 0) is 10.8 Å². The first kappa shape index (κ1) is 31.8. The van der Waals surface area contributed by atoms with Crippen LogP contribution in [0.5, 0.6) is 0 Å². The summed E-state index contributed by atoms with van der Waals surface area (Å²) < 4.78 is 6.68. The normalized spacial score (nSPS) is 14.5. The second kappa shape index (κ2) is 11.4. The number of para-hydroxylation sites is 1. The standard InChI is InChI=1S/C50H36N4O/c1-49(2)39-17-9-8-14-33(39)34-22-20-32(28-41(34)49)47-52-46(29-12-6-5-7-13-29)53-48(54-47)37-16-10-15-35-38-26-30(21-24-43(38)55-45(35)37)31-19-23-36-42(27-31)50(3,4)40-18-11-25-51-44(36)40/h5-28H,1-4H3. The molecule has 5 nitrogen and oxygen atoms in total. The first-order chi connectivity index (χ1) is 26.8. The van der Waals surface area contributed by atoms with E-state index in [0.29, 0.717) is 17.5 Å². The molecule has 0 unspecified atom stereocenters. The highest BCUT2D eigenvalue weighted by atomic mass is 16.3. The molecule has 0 bridgehead atoms. The number of hydrogen-bond donors (Lipinski definition) is 0. The molecule has 3 aromatic heterocycles. The summed E-state index contributed by atoms with van der Waals surface area (Å²) in [6.07, 6.45) is 1.89. The Kier molecular flexibility index (Phi) is 6.58. The molecule has 0 saturated carbocycles. The van der Waals surface area contributed by atoms with E-state index < -0.39 is 0 Å². The zero-order valence-corrected chi connectivity index (χ0v) is 31.1. The lowest BCUT2D eigenvalue weighted by Gasteiger charge is -2.21. The summed E-state index contributed by atoms with van der Waals surface area (Å²) in [6.45, 7) is 9.17. The van der Waals surface area contributed by atoms with E-state index in [4.69, 9.17) is 24.4 Å².